The van der Waals surface area contributed by atoms with Crippen LogP contribution in [0.2, 0.25) is 0 Å². The van der Waals surface area contributed by atoms with Crippen molar-refractivity contribution in [3.63, 3.8) is 0 Å². The van der Waals surface area contributed by atoms with Crippen LogP contribution in [-0.4, -0.2) is 56.0 Å². The lowest BCUT2D eigenvalue weighted by molar-refractivity contribution is -0.386. The lowest BCUT2D eigenvalue weighted by Crippen LogP contribution is -2.30. The third-order valence-electron chi connectivity index (χ3n) is 6.19. The molecule has 9 nitrogen and oxygen atoms in total. The highest BCUT2D eigenvalue weighted by atomic mass is 16.7. The van der Waals surface area contributed by atoms with Gasteiger partial charge in [-0.1, -0.05) is 60.7 Å². The van der Waals surface area contributed by atoms with Crippen LogP contribution in [0.3, 0.4) is 0 Å². The second-order valence-corrected chi connectivity index (χ2v) is 8.58. The number of aliphatic hydroxyl groups is 1. The van der Waals surface area contributed by atoms with Crippen molar-refractivity contribution in [3.8, 4) is 11.1 Å². The summed E-state index contributed by atoms with van der Waals surface area (Å²) in [7, 11) is 7.32. The zero-order valence-corrected chi connectivity index (χ0v) is 20.2. The van der Waals surface area contributed by atoms with E-state index >= 15 is 0 Å². The molecule has 0 aliphatic carbocycles. The van der Waals surface area contributed by atoms with Crippen LogP contribution in [0.15, 0.2) is 72.8 Å². The summed E-state index contributed by atoms with van der Waals surface area (Å²) in [5.74, 6) is 0. The van der Waals surface area contributed by atoms with Crippen molar-refractivity contribution in [2.75, 3.05) is 13.7 Å². The Kier molecular flexibility index (Phi) is 8.55. The highest BCUT2D eigenvalue weighted by Crippen LogP contribution is 2.36. The molecular formula is C27H26BNO8. The fourth-order valence-corrected chi connectivity index (χ4v) is 4.27. The second-order valence-electron chi connectivity index (χ2n) is 8.58. The van der Waals surface area contributed by atoms with Gasteiger partial charge in [-0.2, -0.15) is 0 Å². The third-order valence-corrected chi connectivity index (χ3v) is 6.19. The smallest absolute Gasteiger partial charge is 0.431 e. The van der Waals surface area contributed by atoms with Gasteiger partial charge in [0, 0.05) is 19.2 Å². The minimum Gasteiger partial charge on any atom is -0.431 e. The van der Waals surface area contributed by atoms with Gasteiger partial charge in [0.1, 0.15) is 20.6 Å². The first-order chi connectivity index (χ1) is 17.9. The molecular weight excluding hydrogens is 477 g/mol. The number of benzene rings is 3. The van der Waals surface area contributed by atoms with E-state index in [9.17, 15) is 20.0 Å². The van der Waals surface area contributed by atoms with Crippen LogP contribution in [0.5, 0.6) is 0 Å². The summed E-state index contributed by atoms with van der Waals surface area (Å²) in [6, 6.07) is 20.0. The van der Waals surface area contributed by atoms with Crippen LogP contribution in [0, 0.1) is 10.1 Å². The second kappa shape index (κ2) is 12.0. The molecule has 37 heavy (non-hydrogen) atoms. The molecule has 10 heteroatoms. The van der Waals surface area contributed by atoms with Gasteiger partial charge in [-0.25, -0.2) is 4.79 Å². The number of carbonyl (C=O) groups is 1. The number of nitro groups is 1. The van der Waals surface area contributed by atoms with E-state index in [1.807, 2.05) is 0 Å². The van der Waals surface area contributed by atoms with E-state index in [1.54, 1.807) is 66.7 Å². The SMILES string of the molecule is [B]C1CC(OC)C(COC(=O)OC(c2ccccc2)c2ccc(-c3ccc(CO)cc3)cc2[N+](=O)[O-])O1. The van der Waals surface area contributed by atoms with Crippen molar-refractivity contribution in [1.82, 2.24) is 0 Å². The number of nitro benzene ring substituents is 1. The summed E-state index contributed by atoms with van der Waals surface area (Å²) in [5, 5.41) is 21.4. The Morgan fingerprint density at radius 2 is 1.84 bits per heavy atom. The van der Waals surface area contributed by atoms with Gasteiger partial charge in [0.15, 0.2) is 6.10 Å². The van der Waals surface area contributed by atoms with Crippen molar-refractivity contribution in [3.05, 3.63) is 99.6 Å². The molecule has 0 spiro atoms. The quantitative estimate of drug-likeness (QED) is 0.199. The van der Waals surface area contributed by atoms with Crippen LogP contribution in [0.1, 0.15) is 29.2 Å². The highest BCUT2D eigenvalue weighted by molar-refractivity contribution is 6.11. The molecule has 2 radical (unpaired) electrons. The molecule has 3 aromatic rings. The first-order valence-electron chi connectivity index (χ1n) is 11.7. The number of hydrogen-bond acceptors (Lipinski definition) is 8. The minimum absolute atomic E-state index is 0.0998. The van der Waals surface area contributed by atoms with Crippen molar-refractivity contribution in [2.24, 2.45) is 0 Å². The summed E-state index contributed by atoms with van der Waals surface area (Å²) >= 11 is 0. The number of ether oxygens (including phenoxy) is 4. The predicted molar refractivity (Wildman–Crippen MR) is 135 cm³/mol. The molecule has 1 heterocycles. The van der Waals surface area contributed by atoms with E-state index in [2.05, 4.69) is 0 Å². The van der Waals surface area contributed by atoms with Gasteiger partial charge in [0.25, 0.3) is 5.69 Å². The van der Waals surface area contributed by atoms with E-state index in [-0.39, 0.29) is 30.6 Å². The summed E-state index contributed by atoms with van der Waals surface area (Å²) in [6.45, 7) is -0.241. The number of nitrogens with zero attached hydrogens (tertiary/aromatic N) is 1. The fraction of sp³-hybridized carbons (Fsp3) is 0.296. The van der Waals surface area contributed by atoms with Crippen molar-refractivity contribution >= 4 is 19.7 Å². The monoisotopic (exact) mass is 503 g/mol. The number of aliphatic hydroxyl groups excluding tert-OH is 1. The summed E-state index contributed by atoms with van der Waals surface area (Å²) in [5.41, 5.74) is 2.59. The molecule has 1 N–H and O–H groups in total. The molecule has 1 fully saturated rings. The molecule has 1 saturated heterocycles. The Labute approximate surface area is 215 Å². The minimum atomic E-state index is -1.09. The van der Waals surface area contributed by atoms with E-state index in [1.165, 1.54) is 13.2 Å². The Hall–Kier alpha value is -3.73. The van der Waals surface area contributed by atoms with Gasteiger partial charge in [-0.05, 0) is 34.7 Å². The standard InChI is InChI=1S/C27H26BNO8/c1-34-23-14-25(28)36-24(23)16-35-27(31)37-26(19-5-3-2-4-6-19)21-12-11-20(13-22(21)29(32)33)18-9-7-17(15-30)8-10-18/h2-13,23-26,30H,14-16H2,1H3. The number of carbonyl (C=O) groups excluding carboxylic acids is 1. The first-order valence-corrected chi connectivity index (χ1v) is 11.7. The van der Waals surface area contributed by atoms with Crippen molar-refractivity contribution in [1.29, 1.82) is 0 Å². The lowest BCUT2D eigenvalue weighted by Gasteiger charge is -2.21. The molecule has 3 aromatic carbocycles. The predicted octanol–water partition coefficient (Wildman–Crippen LogP) is 4.30. The molecule has 190 valence electrons. The van der Waals surface area contributed by atoms with E-state index in [0.717, 1.165) is 11.1 Å². The van der Waals surface area contributed by atoms with Gasteiger partial charge in [-0.15, -0.1) is 0 Å². The Morgan fingerprint density at radius 3 is 2.49 bits per heavy atom. The van der Waals surface area contributed by atoms with E-state index < -0.39 is 29.3 Å². The Balaban J connectivity index is 1.60. The van der Waals surface area contributed by atoms with Gasteiger partial charge < -0.3 is 24.1 Å². The van der Waals surface area contributed by atoms with E-state index in [0.29, 0.717) is 17.5 Å². The molecule has 0 saturated carbocycles. The summed E-state index contributed by atoms with van der Waals surface area (Å²) in [6.07, 6.45) is -2.51. The zero-order chi connectivity index (χ0) is 26.4. The maximum Gasteiger partial charge on any atom is 0.509 e. The van der Waals surface area contributed by atoms with Crippen LogP contribution in [-0.2, 0) is 25.6 Å². The topological polar surface area (TPSA) is 117 Å². The molecule has 4 atom stereocenters. The molecule has 0 bridgehead atoms. The Bertz CT molecular complexity index is 1220. The molecule has 1 aliphatic rings. The largest absolute Gasteiger partial charge is 0.509 e. The lowest BCUT2D eigenvalue weighted by atomic mass is 9.96. The third kappa shape index (κ3) is 6.35. The van der Waals surface area contributed by atoms with Crippen LogP contribution in [0.25, 0.3) is 11.1 Å². The maximum atomic E-state index is 12.7. The average molecular weight is 503 g/mol. The highest BCUT2D eigenvalue weighted by Gasteiger charge is 2.34. The van der Waals surface area contributed by atoms with Crippen molar-refractivity contribution < 1.29 is 33.8 Å². The van der Waals surface area contributed by atoms with Crippen LogP contribution in [0.4, 0.5) is 10.5 Å². The van der Waals surface area contributed by atoms with Crippen molar-refractivity contribution in [2.45, 2.75) is 37.3 Å². The zero-order valence-electron chi connectivity index (χ0n) is 20.2. The van der Waals surface area contributed by atoms with Gasteiger partial charge >= 0.3 is 6.16 Å². The molecule has 1 aliphatic heterocycles. The number of rotatable bonds is 9. The van der Waals surface area contributed by atoms with Gasteiger partial charge in [0.05, 0.1) is 23.2 Å². The summed E-state index contributed by atoms with van der Waals surface area (Å²) < 4.78 is 21.8. The number of hydrogen-bond donors (Lipinski definition) is 1. The van der Waals surface area contributed by atoms with Crippen LogP contribution < -0.4 is 0 Å². The molecule has 0 amide bonds. The fourth-order valence-electron chi connectivity index (χ4n) is 4.27. The number of methoxy groups -OCH3 is 1. The molecule has 4 unspecified atom stereocenters. The first kappa shape index (κ1) is 26.3. The van der Waals surface area contributed by atoms with Gasteiger partial charge in [0.2, 0.25) is 0 Å². The van der Waals surface area contributed by atoms with Gasteiger partial charge in [-0.3, -0.25) is 10.1 Å². The average Bonchev–Trinajstić information content (AvgIpc) is 3.30. The van der Waals surface area contributed by atoms with E-state index in [4.69, 9.17) is 26.8 Å². The Morgan fingerprint density at radius 1 is 1.14 bits per heavy atom. The molecule has 0 aromatic heterocycles. The van der Waals surface area contributed by atoms with Crippen LogP contribution >= 0.6 is 0 Å². The maximum absolute atomic E-state index is 12.7. The summed E-state index contributed by atoms with van der Waals surface area (Å²) in [4.78, 5) is 24.3. The molecule has 4 rings (SSSR count). The normalized spacial score (nSPS) is 19.8.